The van der Waals surface area contributed by atoms with Crippen molar-refractivity contribution in [2.45, 2.75) is 37.3 Å². The maximum atomic E-state index is 13.2. The second-order valence-electron chi connectivity index (χ2n) is 7.83. The summed E-state index contributed by atoms with van der Waals surface area (Å²) in [5.41, 5.74) is -0.0745. The fourth-order valence-corrected chi connectivity index (χ4v) is 4.33. The number of hydrogen-bond donors (Lipinski definition) is 2. The number of benzene rings is 2. The van der Waals surface area contributed by atoms with Gasteiger partial charge in [-0.2, -0.15) is 13.2 Å². The summed E-state index contributed by atoms with van der Waals surface area (Å²) in [6.07, 6.45) is -3.69. The molecule has 0 saturated carbocycles. The zero-order chi connectivity index (χ0) is 24.0. The molecule has 1 aromatic heterocycles. The quantitative estimate of drug-likeness (QED) is 0.461. The van der Waals surface area contributed by atoms with Crippen LogP contribution >= 0.6 is 11.8 Å². The minimum atomic E-state index is -4.55. The number of carbonyl (C=O) groups excluding carboxylic acids is 1. The lowest BCUT2D eigenvalue weighted by Gasteiger charge is -2.20. The van der Waals surface area contributed by atoms with Crippen LogP contribution in [0, 0.1) is 0 Å². The molecule has 6 nitrogen and oxygen atoms in total. The fraction of sp³-hybridized carbons (Fsp3) is 0.348. The van der Waals surface area contributed by atoms with E-state index in [-0.39, 0.29) is 17.5 Å². The number of halogens is 3. The number of rotatable bonds is 9. The molecule has 0 aliphatic carbocycles. The molecule has 0 aliphatic rings. The molecule has 0 spiro atoms. The molecule has 2 aromatic carbocycles. The number of quaternary nitrogens is 1. The van der Waals surface area contributed by atoms with E-state index in [4.69, 9.17) is 0 Å². The number of para-hydroxylation sites is 1. The summed E-state index contributed by atoms with van der Waals surface area (Å²) in [7, 11) is 4.10. The number of alkyl halides is 3. The first-order chi connectivity index (χ1) is 15.7. The number of amides is 1. The maximum Gasteiger partial charge on any atom is 0.418 e. The molecule has 33 heavy (non-hydrogen) atoms. The van der Waals surface area contributed by atoms with Crippen LogP contribution in [0.15, 0.2) is 59.8 Å². The van der Waals surface area contributed by atoms with E-state index in [9.17, 15) is 18.0 Å². The third-order valence-electron chi connectivity index (χ3n) is 5.18. The predicted octanol–water partition coefficient (Wildman–Crippen LogP) is 3.67. The number of thioether (sulfide) groups is 1. The summed E-state index contributed by atoms with van der Waals surface area (Å²) in [5.74, 6) is 0.175. The average Bonchev–Trinajstić information content (AvgIpc) is 3.15. The van der Waals surface area contributed by atoms with Gasteiger partial charge >= 0.3 is 6.18 Å². The van der Waals surface area contributed by atoms with E-state index in [1.54, 1.807) is 0 Å². The molecule has 0 bridgehead atoms. The maximum absolute atomic E-state index is 13.2. The molecule has 0 saturated heterocycles. The lowest BCUT2D eigenvalue weighted by molar-refractivity contribution is -0.893. The largest absolute Gasteiger partial charge is 0.418 e. The van der Waals surface area contributed by atoms with Crippen LogP contribution in [0.1, 0.15) is 36.3 Å². The van der Waals surface area contributed by atoms with Crippen molar-refractivity contribution in [3.8, 4) is 0 Å². The number of carbonyl (C=O) groups is 1. The van der Waals surface area contributed by atoms with Gasteiger partial charge in [-0.25, -0.2) is 0 Å². The van der Waals surface area contributed by atoms with Crippen molar-refractivity contribution in [2.75, 3.05) is 25.2 Å². The van der Waals surface area contributed by atoms with Crippen LogP contribution in [0.3, 0.4) is 0 Å². The number of hydrogen-bond acceptors (Lipinski definition) is 4. The fourth-order valence-electron chi connectivity index (χ4n) is 3.58. The van der Waals surface area contributed by atoms with Gasteiger partial charge in [0.25, 0.3) is 0 Å². The van der Waals surface area contributed by atoms with E-state index in [1.807, 2.05) is 49.0 Å². The van der Waals surface area contributed by atoms with Crippen LogP contribution in [-0.2, 0) is 17.5 Å². The molecule has 176 valence electrons. The Bertz CT molecular complexity index is 1070. The minimum absolute atomic E-state index is 0.0925. The molecule has 1 heterocycles. The Hall–Kier alpha value is -2.85. The van der Waals surface area contributed by atoms with Crippen LogP contribution in [0.2, 0.25) is 0 Å². The molecule has 3 aromatic rings. The first kappa shape index (κ1) is 24.8. The van der Waals surface area contributed by atoms with Crippen LogP contribution in [-0.4, -0.2) is 40.5 Å². The smallest absolute Gasteiger partial charge is 0.331 e. The molecular formula is C23H27F3N5OS+. The zero-order valence-corrected chi connectivity index (χ0v) is 19.5. The van der Waals surface area contributed by atoms with Crippen molar-refractivity contribution in [1.82, 2.24) is 14.8 Å². The van der Waals surface area contributed by atoms with Crippen molar-refractivity contribution in [2.24, 2.45) is 0 Å². The zero-order valence-electron chi connectivity index (χ0n) is 18.7. The lowest BCUT2D eigenvalue weighted by atomic mass is 10.1. The standard InChI is InChI=1S/C23H26F3N5OS/c1-4-19(30(2)3)21-28-29-22(31(21)14-16-10-6-5-7-11-16)33-15-20(32)27-18-13-9-8-12-17(18)23(24,25)26/h5-13,19H,4,14-15H2,1-3H3,(H,27,32)/p+1/t19-/m1/s1. The van der Waals surface area contributed by atoms with E-state index in [1.165, 1.54) is 23.1 Å². The molecule has 2 N–H and O–H groups in total. The third-order valence-corrected chi connectivity index (χ3v) is 6.15. The summed E-state index contributed by atoms with van der Waals surface area (Å²) in [5, 5.41) is 11.6. The second-order valence-corrected chi connectivity index (χ2v) is 8.77. The average molecular weight is 479 g/mol. The number of aromatic nitrogens is 3. The summed E-state index contributed by atoms with van der Waals surface area (Å²) in [6, 6.07) is 14.9. The molecule has 0 unspecified atom stereocenters. The van der Waals surface area contributed by atoms with Gasteiger partial charge in [0.15, 0.2) is 11.0 Å². The normalized spacial score (nSPS) is 12.7. The van der Waals surface area contributed by atoms with Crippen molar-refractivity contribution in [3.05, 3.63) is 71.5 Å². The molecule has 0 fully saturated rings. The summed E-state index contributed by atoms with van der Waals surface area (Å²) >= 11 is 1.15. The highest BCUT2D eigenvalue weighted by Gasteiger charge is 2.33. The Labute approximate surface area is 195 Å². The van der Waals surface area contributed by atoms with Crippen LogP contribution < -0.4 is 10.2 Å². The Morgan fingerprint density at radius 1 is 1.09 bits per heavy atom. The molecule has 3 rings (SSSR count). The number of nitrogens with one attached hydrogen (secondary N) is 2. The van der Waals surface area contributed by atoms with Crippen molar-refractivity contribution in [1.29, 1.82) is 0 Å². The topological polar surface area (TPSA) is 64.2 Å². The van der Waals surface area contributed by atoms with Crippen molar-refractivity contribution in [3.63, 3.8) is 0 Å². The predicted molar refractivity (Wildman–Crippen MR) is 122 cm³/mol. The second kappa shape index (κ2) is 10.8. The first-order valence-electron chi connectivity index (χ1n) is 10.6. The van der Waals surface area contributed by atoms with Crippen LogP contribution in [0.4, 0.5) is 18.9 Å². The first-order valence-corrected chi connectivity index (χ1v) is 11.5. The highest BCUT2D eigenvalue weighted by atomic mass is 32.2. The minimum Gasteiger partial charge on any atom is -0.331 e. The number of nitrogens with zero attached hydrogens (tertiary/aromatic N) is 3. The Kier molecular flexibility index (Phi) is 8.15. The molecule has 1 atom stereocenters. The summed E-state index contributed by atoms with van der Waals surface area (Å²) in [6.45, 7) is 2.62. The van der Waals surface area contributed by atoms with Gasteiger partial charge in [-0.1, -0.05) is 61.2 Å². The monoisotopic (exact) mass is 478 g/mol. The van der Waals surface area contributed by atoms with E-state index in [0.29, 0.717) is 11.7 Å². The van der Waals surface area contributed by atoms with Gasteiger partial charge in [-0.15, -0.1) is 10.2 Å². The van der Waals surface area contributed by atoms with Gasteiger partial charge in [-0.05, 0) is 17.7 Å². The number of anilines is 1. The van der Waals surface area contributed by atoms with Crippen LogP contribution in [0.25, 0.3) is 0 Å². The summed E-state index contributed by atoms with van der Waals surface area (Å²) in [4.78, 5) is 13.7. The Balaban J connectivity index is 1.79. The van der Waals surface area contributed by atoms with Gasteiger partial charge in [0.2, 0.25) is 5.91 Å². The highest BCUT2D eigenvalue weighted by molar-refractivity contribution is 7.99. The lowest BCUT2D eigenvalue weighted by Crippen LogP contribution is -3.06. The van der Waals surface area contributed by atoms with Crippen molar-refractivity contribution >= 4 is 23.4 Å². The van der Waals surface area contributed by atoms with Gasteiger partial charge < -0.3 is 10.2 Å². The summed E-state index contributed by atoms with van der Waals surface area (Å²) < 4.78 is 41.6. The highest BCUT2D eigenvalue weighted by Crippen LogP contribution is 2.34. The van der Waals surface area contributed by atoms with E-state index in [0.717, 1.165) is 35.6 Å². The molecular weight excluding hydrogens is 451 g/mol. The van der Waals surface area contributed by atoms with Gasteiger partial charge in [0.1, 0.15) is 6.04 Å². The molecule has 0 aliphatic heterocycles. The van der Waals surface area contributed by atoms with Gasteiger partial charge in [0, 0.05) is 6.42 Å². The molecule has 0 radical (unpaired) electrons. The van der Waals surface area contributed by atoms with Crippen molar-refractivity contribution < 1.29 is 22.9 Å². The SMILES string of the molecule is CC[C@H](c1nnc(SCC(=O)Nc2ccccc2C(F)(F)F)n1Cc1ccccc1)[NH+](C)C. The van der Waals surface area contributed by atoms with E-state index in [2.05, 4.69) is 22.4 Å². The van der Waals surface area contributed by atoms with E-state index < -0.39 is 17.6 Å². The van der Waals surface area contributed by atoms with Gasteiger partial charge in [-0.3, -0.25) is 9.36 Å². The molecule has 10 heteroatoms. The van der Waals surface area contributed by atoms with Crippen LogP contribution in [0.5, 0.6) is 0 Å². The molecule has 1 amide bonds. The Morgan fingerprint density at radius 2 is 1.76 bits per heavy atom. The van der Waals surface area contributed by atoms with E-state index >= 15 is 0 Å². The van der Waals surface area contributed by atoms with Gasteiger partial charge in [0.05, 0.1) is 37.6 Å². The third kappa shape index (κ3) is 6.35. The Morgan fingerprint density at radius 3 is 2.39 bits per heavy atom.